The van der Waals surface area contributed by atoms with Crippen LogP contribution in [0.1, 0.15) is 11.1 Å². The van der Waals surface area contributed by atoms with E-state index >= 15 is 0 Å². The molecule has 1 rings (SSSR count). The molecule has 0 fully saturated rings. The highest BCUT2D eigenvalue weighted by Crippen LogP contribution is 2.24. The van der Waals surface area contributed by atoms with Crippen LogP contribution in [0.3, 0.4) is 0 Å². The van der Waals surface area contributed by atoms with Crippen LogP contribution >= 0.6 is 0 Å². The van der Waals surface area contributed by atoms with Crippen molar-refractivity contribution in [1.82, 2.24) is 4.31 Å². The fourth-order valence-corrected chi connectivity index (χ4v) is 3.50. The average Bonchev–Trinajstić information content (AvgIpc) is 2.26. The standard InChI is InChI=1S/C12H17F3N2O2S/c1-9-3-4-11(10(2)7-9)20(18,19)17(6-5-16)8-12(13,14)15/h3-4,7H,5-6,8,16H2,1-2H3. The Bertz CT molecular complexity index is 571. The van der Waals surface area contributed by atoms with Gasteiger partial charge >= 0.3 is 6.18 Å². The topological polar surface area (TPSA) is 63.4 Å². The zero-order valence-corrected chi connectivity index (χ0v) is 12.1. The van der Waals surface area contributed by atoms with Crippen LogP contribution in [0.25, 0.3) is 0 Å². The van der Waals surface area contributed by atoms with Crippen molar-refractivity contribution in [2.45, 2.75) is 24.9 Å². The molecule has 0 aliphatic heterocycles. The third-order valence-corrected chi connectivity index (χ3v) is 4.69. The fraction of sp³-hybridized carbons (Fsp3) is 0.500. The predicted octanol–water partition coefficient (Wildman–Crippen LogP) is 1.82. The monoisotopic (exact) mass is 310 g/mol. The first-order valence-corrected chi connectivity index (χ1v) is 7.36. The third kappa shape index (κ3) is 4.19. The van der Waals surface area contributed by atoms with Gasteiger partial charge in [0.05, 0.1) is 4.90 Å². The van der Waals surface area contributed by atoms with Crippen molar-refractivity contribution >= 4 is 10.0 Å². The van der Waals surface area contributed by atoms with Crippen LogP contribution in [-0.2, 0) is 10.0 Å². The van der Waals surface area contributed by atoms with E-state index in [1.54, 1.807) is 26.0 Å². The Morgan fingerprint density at radius 2 is 1.85 bits per heavy atom. The quantitative estimate of drug-likeness (QED) is 0.902. The number of nitrogens with zero attached hydrogens (tertiary/aromatic N) is 1. The minimum atomic E-state index is -4.61. The summed E-state index contributed by atoms with van der Waals surface area (Å²) in [6.07, 6.45) is -4.61. The third-order valence-electron chi connectivity index (χ3n) is 2.68. The van der Waals surface area contributed by atoms with Crippen LogP contribution in [0.15, 0.2) is 23.1 Å². The van der Waals surface area contributed by atoms with Gasteiger partial charge in [-0.3, -0.25) is 0 Å². The van der Waals surface area contributed by atoms with Crippen molar-refractivity contribution in [2.24, 2.45) is 5.73 Å². The van der Waals surface area contributed by atoms with E-state index < -0.39 is 22.7 Å². The largest absolute Gasteiger partial charge is 0.402 e. The first-order valence-electron chi connectivity index (χ1n) is 5.92. The van der Waals surface area contributed by atoms with E-state index in [-0.39, 0.29) is 18.0 Å². The second-order valence-corrected chi connectivity index (χ2v) is 6.42. The summed E-state index contributed by atoms with van der Waals surface area (Å²) in [6, 6.07) is 4.48. The molecular weight excluding hydrogens is 293 g/mol. The molecule has 8 heteroatoms. The molecule has 0 aliphatic carbocycles. The van der Waals surface area contributed by atoms with Crippen LogP contribution in [0.2, 0.25) is 0 Å². The minimum absolute atomic E-state index is 0.124. The van der Waals surface area contributed by atoms with E-state index in [4.69, 9.17) is 5.73 Å². The van der Waals surface area contributed by atoms with E-state index in [1.165, 1.54) is 6.07 Å². The lowest BCUT2D eigenvalue weighted by atomic mass is 10.2. The van der Waals surface area contributed by atoms with Crippen molar-refractivity contribution in [3.05, 3.63) is 29.3 Å². The Morgan fingerprint density at radius 3 is 2.30 bits per heavy atom. The number of hydrogen-bond donors (Lipinski definition) is 1. The lowest BCUT2D eigenvalue weighted by Crippen LogP contribution is -2.41. The highest BCUT2D eigenvalue weighted by atomic mass is 32.2. The molecule has 4 nitrogen and oxygen atoms in total. The second-order valence-electron chi connectivity index (χ2n) is 4.51. The first-order chi connectivity index (χ1) is 9.08. The van der Waals surface area contributed by atoms with Gasteiger partial charge < -0.3 is 5.73 Å². The van der Waals surface area contributed by atoms with Crippen molar-refractivity contribution in [2.75, 3.05) is 19.6 Å². The summed E-state index contributed by atoms with van der Waals surface area (Å²) in [4.78, 5) is -0.124. The molecule has 0 unspecified atom stereocenters. The lowest BCUT2D eigenvalue weighted by Gasteiger charge is -2.23. The van der Waals surface area contributed by atoms with Crippen molar-refractivity contribution in [3.63, 3.8) is 0 Å². The Balaban J connectivity index is 3.22. The molecule has 0 atom stereocenters. The Kier molecular flexibility index (Phi) is 5.17. The number of alkyl halides is 3. The van der Waals surface area contributed by atoms with Crippen molar-refractivity contribution < 1.29 is 21.6 Å². The van der Waals surface area contributed by atoms with E-state index in [1.807, 2.05) is 0 Å². The highest BCUT2D eigenvalue weighted by molar-refractivity contribution is 7.89. The van der Waals surface area contributed by atoms with Crippen molar-refractivity contribution in [1.29, 1.82) is 0 Å². The zero-order valence-electron chi connectivity index (χ0n) is 11.2. The maximum absolute atomic E-state index is 12.5. The number of rotatable bonds is 5. The van der Waals surface area contributed by atoms with E-state index in [0.29, 0.717) is 9.87 Å². The number of aryl methyl sites for hydroxylation is 2. The first kappa shape index (κ1) is 16.9. The normalized spacial score (nSPS) is 12.9. The summed E-state index contributed by atoms with van der Waals surface area (Å²) in [5.41, 5.74) is 6.46. The molecule has 0 aromatic heterocycles. The molecule has 0 saturated heterocycles. The van der Waals surface area contributed by atoms with E-state index in [9.17, 15) is 21.6 Å². The van der Waals surface area contributed by atoms with Gasteiger partial charge in [-0.15, -0.1) is 0 Å². The lowest BCUT2D eigenvalue weighted by molar-refractivity contribution is -0.136. The Labute approximate surface area is 116 Å². The van der Waals surface area contributed by atoms with Gasteiger partial charge in [0, 0.05) is 13.1 Å². The average molecular weight is 310 g/mol. The molecule has 0 heterocycles. The number of sulfonamides is 1. The maximum atomic E-state index is 12.5. The van der Waals surface area contributed by atoms with Gasteiger partial charge in [0.2, 0.25) is 10.0 Å². The van der Waals surface area contributed by atoms with Gasteiger partial charge in [-0.25, -0.2) is 8.42 Å². The molecule has 1 aromatic carbocycles. The molecule has 0 saturated carbocycles. The van der Waals surface area contributed by atoms with Crippen molar-refractivity contribution in [3.8, 4) is 0 Å². The van der Waals surface area contributed by atoms with Crippen LogP contribution in [0.5, 0.6) is 0 Å². The number of halogens is 3. The zero-order chi connectivity index (χ0) is 15.6. The number of hydrogen-bond acceptors (Lipinski definition) is 3. The molecule has 0 amide bonds. The number of nitrogens with two attached hydrogens (primary N) is 1. The summed E-state index contributed by atoms with van der Waals surface area (Å²) in [7, 11) is -4.21. The minimum Gasteiger partial charge on any atom is -0.329 e. The van der Waals surface area contributed by atoms with E-state index in [0.717, 1.165) is 5.56 Å². The van der Waals surface area contributed by atoms with Gasteiger partial charge in [-0.2, -0.15) is 17.5 Å². The summed E-state index contributed by atoms with van der Waals surface area (Å²) in [5, 5.41) is 0. The maximum Gasteiger partial charge on any atom is 0.402 e. The SMILES string of the molecule is Cc1ccc(S(=O)(=O)N(CCN)CC(F)(F)F)c(C)c1. The van der Waals surface area contributed by atoms with Gasteiger partial charge in [-0.05, 0) is 25.5 Å². The predicted molar refractivity (Wildman–Crippen MR) is 69.8 cm³/mol. The van der Waals surface area contributed by atoms with Crippen LogP contribution < -0.4 is 5.73 Å². The van der Waals surface area contributed by atoms with Crippen LogP contribution in [-0.4, -0.2) is 38.5 Å². The molecule has 2 N–H and O–H groups in total. The molecule has 0 aliphatic rings. The molecule has 114 valence electrons. The second kappa shape index (κ2) is 6.11. The summed E-state index contributed by atoms with van der Waals surface area (Å²) in [6.45, 7) is 1.22. The Morgan fingerprint density at radius 1 is 1.25 bits per heavy atom. The molecule has 0 radical (unpaired) electrons. The van der Waals surface area contributed by atoms with Gasteiger partial charge in [0.25, 0.3) is 0 Å². The smallest absolute Gasteiger partial charge is 0.329 e. The molecule has 0 bridgehead atoms. The van der Waals surface area contributed by atoms with Gasteiger partial charge in [0.15, 0.2) is 0 Å². The molecular formula is C12H17F3N2O2S. The van der Waals surface area contributed by atoms with Crippen LogP contribution in [0.4, 0.5) is 13.2 Å². The summed E-state index contributed by atoms with van der Waals surface area (Å²) >= 11 is 0. The van der Waals surface area contributed by atoms with E-state index in [2.05, 4.69) is 0 Å². The molecule has 20 heavy (non-hydrogen) atoms. The summed E-state index contributed by atoms with van der Waals surface area (Å²) < 4.78 is 62.4. The van der Waals surface area contributed by atoms with Crippen LogP contribution in [0, 0.1) is 13.8 Å². The Hall–Kier alpha value is -1.12. The number of benzene rings is 1. The summed E-state index contributed by atoms with van der Waals surface area (Å²) in [5.74, 6) is 0. The highest BCUT2D eigenvalue weighted by Gasteiger charge is 2.37. The molecule has 1 aromatic rings. The fourth-order valence-electron chi connectivity index (χ4n) is 1.86. The molecule has 0 spiro atoms. The van der Waals surface area contributed by atoms with Gasteiger partial charge in [0.1, 0.15) is 6.54 Å². The van der Waals surface area contributed by atoms with Gasteiger partial charge in [-0.1, -0.05) is 17.7 Å².